The Balaban J connectivity index is 1.70. The summed E-state index contributed by atoms with van der Waals surface area (Å²) in [6.45, 7) is 1.90. The first kappa shape index (κ1) is 17.2. The Labute approximate surface area is 143 Å². The van der Waals surface area contributed by atoms with E-state index in [2.05, 4.69) is 30.5 Å². The number of alkyl halides is 3. The molecule has 2 heterocycles. The van der Waals surface area contributed by atoms with Gasteiger partial charge in [0.1, 0.15) is 5.75 Å². The number of rotatable bonds is 6. The van der Waals surface area contributed by atoms with E-state index in [1.165, 1.54) is 40.7 Å². The average Bonchev–Trinajstić information content (AvgIpc) is 3.21. The molecule has 8 nitrogen and oxygen atoms in total. The molecular formula is C13H11F3N6O2S. The SMILES string of the molecule is CCc1nnc(CSc2nnnn2-c2ccc(OC(F)(F)F)cc2)o1. The molecule has 25 heavy (non-hydrogen) atoms. The molecule has 0 N–H and O–H groups in total. The minimum atomic E-state index is -4.74. The summed E-state index contributed by atoms with van der Waals surface area (Å²) in [4.78, 5) is 0. The van der Waals surface area contributed by atoms with Crippen LogP contribution in [0.1, 0.15) is 18.7 Å². The molecule has 0 saturated heterocycles. The number of aryl methyl sites for hydroxylation is 1. The van der Waals surface area contributed by atoms with Crippen LogP contribution in [0, 0.1) is 0 Å². The van der Waals surface area contributed by atoms with E-state index in [4.69, 9.17) is 4.42 Å². The van der Waals surface area contributed by atoms with Crippen LogP contribution in [-0.2, 0) is 12.2 Å². The van der Waals surface area contributed by atoms with Crippen LogP contribution in [0.2, 0.25) is 0 Å². The van der Waals surface area contributed by atoms with E-state index in [9.17, 15) is 13.2 Å². The molecule has 0 aliphatic rings. The van der Waals surface area contributed by atoms with Crippen LogP contribution in [0.4, 0.5) is 13.2 Å². The average molecular weight is 372 g/mol. The summed E-state index contributed by atoms with van der Waals surface area (Å²) in [5.41, 5.74) is 0.488. The number of nitrogens with zero attached hydrogens (tertiary/aromatic N) is 6. The van der Waals surface area contributed by atoms with Gasteiger partial charge in [0.05, 0.1) is 11.4 Å². The highest BCUT2D eigenvalue weighted by molar-refractivity contribution is 7.98. The van der Waals surface area contributed by atoms with E-state index in [0.717, 1.165) is 0 Å². The molecule has 0 amide bonds. The zero-order valence-corrected chi connectivity index (χ0v) is 13.6. The molecule has 0 bridgehead atoms. The van der Waals surface area contributed by atoms with Gasteiger partial charge in [-0.15, -0.1) is 28.5 Å². The number of halogens is 3. The lowest BCUT2D eigenvalue weighted by molar-refractivity contribution is -0.274. The van der Waals surface area contributed by atoms with Crippen LogP contribution in [0.5, 0.6) is 5.75 Å². The third-order valence-corrected chi connectivity index (χ3v) is 3.80. The molecule has 3 aromatic rings. The highest BCUT2D eigenvalue weighted by Crippen LogP contribution is 2.26. The van der Waals surface area contributed by atoms with Crippen molar-refractivity contribution in [2.45, 2.75) is 30.6 Å². The molecule has 0 aliphatic heterocycles. The van der Waals surface area contributed by atoms with Crippen LogP contribution < -0.4 is 4.74 Å². The molecule has 3 rings (SSSR count). The third-order valence-electron chi connectivity index (χ3n) is 2.89. The molecule has 0 fully saturated rings. The minimum absolute atomic E-state index is 0.323. The van der Waals surface area contributed by atoms with Crippen molar-refractivity contribution in [3.8, 4) is 11.4 Å². The summed E-state index contributed by atoms with van der Waals surface area (Å²) in [6.07, 6.45) is -4.10. The molecular weight excluding hydrogens is 361 g/mol. The van der Waals surface area contributed by atoms with Crippen molar-refractivity contribution in [1.29, 1.82) is 0 Å². The highest BCUT2D eigenvalue weighted by atomic mass is 32.2. The summed E-state index contributed by atoms with van der Waals surface area (Å²) < 4.78 is 47.2. The number of thioether (sulfide) groups is 1. The first-order valence-electron chi connectivity index (χ1n) is 7.03. The standard InChI is InChI=1S/C13H11F3N6O2S/c1-2-10-17-18-11(23-10)7-25-12-19-20-21-22(12)8-3-5-9(6-4-8)24-13(14,15)16/h3-6H,2,7H2,1H3. The minimum Gasteiger partial charge on any atom is -0.424 e. The van der Waals surface area contributed by atoms with Crippen molar-refractivity contribution >= 4 is 11.8 Å². The van der Waals surface area contributed by atoms with Gasteiger partial charge < -0.3 is 9.15 Å². The number of aromatic nitrogens is 6. The van der Waals surface area contributed by atoms with E-state index >= 15 is 0 Å². The fourth-order valence-corrected chi connectivity index (χ4v) is 2.56. The van der Waals surface area contributed by atoms with Gasteiger partial charge in [0.15, 0.2) is 0 Å². The largest absolute Gasteiger partial charge is 0.573 e. The quantitative estimate of drug-likeness (QED) is 0.610. The summed E-state index contributed by atoms with van der Waals surface area (Å²) in [5.74, 6) is 1.01. The van der Waals surface area contributed by atoms with Crippen molar-refractivity contribution in [2.75, 3.05) is 0 Å². The Hall–Kier alpha value is -2.63. The van der Waals surface area contributed by atoms with Crippen LogP contribution in [-0.4, -0.2) is 36.8 Å². The molecule has 1 aromatic carbocycles. The van der Waals surface area contributed by atoms with Gasteiger partial charge in [-0.3, -0.25) is 0 Å². The predicted molar refractivity (Wildman–Crippen MR) is 79.1 cm³/mol. The van der Waals surface area contributed by atoms with Crippen molar-refractivity contribution in [2.24, 2.45) is 0 Å². The fourth-order valence-electron chi connectivity index (χ4n) is 1.84. The van der Waals surface area contributed by atoms with Gasteiger partial charge in [-0.1, -0.05) is 18.7 Å². The number of hydrogen-bond acceptors (Lipinski definition) is 8. The topological polar surface area (TPSA) is 91.8 Å². The van der Waals surface area contributed by atoms with Crippen LogP contribution in [0.15, 0.2) is 33.8 Å². The Bertz CT molecular complexity index is 833. The van der Waals surface area contributed by atoms with Crippen molar-refractivity contribution in [3.63, 3.8) is 0 Å². The molecule has 12 heteroatoms. The molecule has 132 valence electrons. The van der Waals surface area contributed by atoms with Crippen LogP contribution >= 0.6 is 11.8 Å². The normalized spacial score (nSPS) is 11.7. The van der Waals surface area contributed by atoms with Gasteiger partial charge in [-0.25, -0.2) is 0 Å². The van der Waals surface area contributed by atoms with Gasteiger partial charge in [0.25, 0.3) is 0 Å². The lowest BCUT2D eigenvalue weighted by Crippen LogP contribution is -2.17. The van der Waals surface area contributed by atoms with E-state index in [0.29, 0.717) is 34.8 Å². The number of ether oxygens (including phenoxy) is 1. The van der Waals surface area contributed by atoms with E-state index in [1.54, 1.807) is 0 Å². The summed E-state index contributed by atoms with van der Waals surface area (Å²) in [5, 5.41) is 19.5. The predicted octanol–water partition coefficient (Wildman–Crippen LogP) is 2.80. The molecule has 0 atom stereocenters. The zero-order chi connectivity index (χ0) is 17.9. The van der Waals surface area contributed by atoms with Crippen molar-refractivity contribution in [1.82, 2.24) is 30.4 Å². The second-order valence-electron chi connectivity index (χ2n) is 4.65. The van der Waals surface area contributed by atoms with Gasteiger partial charge in [0, 0.05) is 6.42 Å². The first-order chi connectivity index (χ1) is 11.9. The summed E-state index contributed by atoms with van der Waals surface area (Å²) >= 11 is 1.26. The smallest absolute Gasteiger partial charge is 0.424 e. The first-order valence-corrected chi connectivity index (χ1v) is 8.02. The summed E-state index contributed by atoms with van der Waals surface area (Å²) in [6, 6.07) is 5.21. The van der Waals surface area contributed by atoms with Crippen molar-refractivity contribution < 1.29 is 22.3 Å². The maximum absolute atomic E-state index is 12.2. The van der Waals surface area contributed by atoms with Gasteiger partial charge in [-0.2, -0.15) is 4.68 Å². The van der Waals surface area contributed by atoms with Gasteiger partial charge >= 0.3 is 6.36 Å². The Morgan fingerprint density at radius 2 is 1.84 bits per heavy atom. The number of benzene rings is 1. The zero-order valence-electron chi connectivity index (χ0n) is 12.8. The molecule has 0 spiro atoms. The third kappa shape index (κ3) is 4.47. The molecule has 0 saturated carbocycles. The lowest BCUT2D eigenvalue weighted by Gasteiger charge is -2.09. The molecule has 0 radical (unpaired) electrons. The lowest BCUT2D eigenvalue weighted by atomic mass is 10.3. The van der Waals surface area contributed by atoms with Crippen LogP contribution in [0.25, 0.3) is 5.69 Å². The number of hydrogen-bond donors (Lipinski definition) is 0. The Kier molecular flexibility index (Phi) is 4.88. The number of tetrazole rings is 1. The fraction of sp³-hybridized carbons (Fsp3) is 0.308. The Morgan fingerprint density at radius 1 is 1.12 bits per heavy atom. The maximum Gasteiger partial charge on any atom is 0.573 e. The van der Waals surface area contributed by atoms with E-state index in [1.807, 2.05) is 6.92 Å². The molecule has 2 aromatic heterocycles. The summed E-state index contributed by atoms with van der Waals surface area (Å²) in [7, 11) is 0. The van der Waals surface area contributed by atoms with Crippen LogP contribution in [0.3, 0.4) is 0 Å². The van der Waals surface area contributed by atoms with Gasteiger partial charge in [0.2, 0.25) is 16.9 Å². The monoisotopic (exact) mass is 372 g/mol. The molecule has 0 aliphatic carbocycles. The Morgan fingerprint density at radius 3 is 2.48 bits per heavy atom. The molecule has 0 unspecified atom stereocenters. The second kappa shape index (κ2) is 7.09. The maximum atomic E-state index is 12.2. The van der Waals surface area contributed by atoms with Gasteiger partial charge in [-0.05, 0) is 34.7 Å². The van der Waals surface area contributed by atoms with Crippen molar-refractivity contribution in [3.05, 3.63) is 36.0 Å². The second-order valence-corrected chi connectivity index (χ2v) is 5.59. The van der Waals surface area contributed by atoms with E-state index in [-0.39, 0.29) is 5.75 Å². The van der Waals surface area contributed by atoms with E-state index < -0.39 is 6.36 Å². The highest BCUT2D eigenvalue weighted by Gasteiger charge is 2.31.